The molecule has 0 aliphatic carbocycles. The van der Waals surface area contributed by atoms with Gasteiger partial charge in [0.2, 0.25) is 0 Å². The second kappa shape index (κ2) is 15.0. The van der Waals surface area contributed by atoms with Crippen LogP contribution in [0.4, 0.5) is 10.2 Å². The lowest BCUT2D eigenvalue weighted by Crippen LogP contribution is -2.41. The van der Waals surface area contributed by atoms with Crippen molar-refractivity contribution < 1.29 is 42.5 Å². The van der Waals surface area contributed by atoms with Crippen molar-refractivity contribution in [1.29, 1.82) is 0 Å². The fourth-order valence-electron chi connectivity index (χ4n) is 5.61. The molecule has 2 aromatic heterocycles. The highest BCUT2D eigenvalue weighted by Crippen LogP contribution is 2.37. The van der Waals surface area contributed by atoms with E-state index in [0.29, 0.717) is 0 Å². The topological polar surface area (TPSA) is 161 Å². The molecule has 1 N–H and O–H groups in total. The number of rotatable bonds is 10. The molecule has 4 aromatic carbocycles. The minimum atomic E-state index is -1.42. The minimum absolute atomic E-state index is 0.0146. The number of ether oxygens (including phenoxy) is 4. The highest BCUT2D eigenvalue weighted by Gasteiger charge is 2.52. The lowest BCUT2D eigenvalue weighted by molar-refractivity contribution is -0.0606. The van der Waals surface area contributed by atoms with Gasteiger partial charge in [0.15, 0.2) is 35.4 Å². The Morgan fingerprint density at radius 3 is 1.73 bits per heavy atom. The number of imidazole rings is 1. The quantitative estimate of drug-likeness (QED) is 0.110. The zero-order chi connectivity index (χ0) is 36.0. The Labute approximate surface area is 295 Å². The number of halogens is 1. The predicted molar refractivity (Wildman–Crippen MR) is 182 cm³/mol. The molecule has 0 unspecified atom stereocenters. The molecule has 3 heterocycles. The summed E-state index contributed by atoms with van der Waals surface area (Å²) < 4.78 is 40.2. The fourth-order valence-corrected chi connectivity index (χ4v) is 5.61. The van der Waals surface area contributed by atoms with E-state index in [-0.39, 0.29) is 39.2 Å². The van der Waals surface area contributed by atoms with E-state index in [2.05, 4.69) is 20.3 Å². The van der Waals surface area contributed by atoms with Crippen LogP contribution in [0, 0.1) is 6.08 Å². The van der Waals surface area contributed by atoms with Crippen molar-refractivity contribution >= 4 is 40.8 Å². The van der Waals surface area contributed by atoms with E-state index < -0.39 is 61.0 Å². The van der Waals surface area contributed by atoms with Gasteiger partial charge in [-0.25, -0.2) is 19.4 Å². The number of nitrogens with one attached hydrogen (secondary N) is 1. The van der Waals surface area contributed by atoms with Crippen LogP contribution in [-0.4, -0.2) is 68.3 Å². The number of hydrogen-bond donors (Lipinski definition) is 1. The smallest absolute Gasteiger partial charge is 0.338 e. The van der Waals surface area contributed by atoms with Crippen LogP contribution in [0.5, 0.6) is 0 Å². The van der Waals surface area contributed by atoms with Crippen molar-refractivity contribution in [3.63, 3.8) is 0 Å². The SMILES string of the molecule is O=C(Nc1nc([18F])nc2c1ncn2[C@@H]1O[C@H](COC(=O)c2ccccc2)[C@@H](OC(=O)c2ccccc2)[C@H]1OC(=O)c1ccccc1)c1ccccc1. The van der Waals surface area contributed by atoms with Crippen LogP contribution in [-0.2, 0) is 18.9 Å². The number of anilines is 1. The lowest BCUT2D eigenvalue weighted by Gasteiger charge is -2.25. The molecule has 1 aliphatic heterocycles. The number of esters is 3. The Hall–Kier alpha value is -6.80. The molecule has 1 saturated heterocycles. The van der Waals surface area contributed by atoms with Gasteiger partial charge in [-0.3, -0.25) is 9.36 Å². The van der Waals surface area contributed by atoms with Crippen LogP contribution in [0.1, 0.15) is 47.7 Å². The summed E-state index contributed by atoms with van der Waals surface area (Å²) in [6.45, 7) is -0.440. The molecule has 7 rings (SSSR count). The normalized spacial score (nSPS) is 18.0. The highest BCUT2D eigenvalue weighted by molar-refractivity contribution is 6.06. The van der Waals surface area contributed by atoms with Crippen LogP contribution in [0.3, 0.4) is 0 Å². The van der Waals surface area contributed by atoms with E-state index in [9.17, 15) is 19.2 Å². The molecule has 6 aromatic rings. The predicted octanol–water partition coefficient (Wildman–Crippen LogP) is 5.42. The summed E-state index contributed by atoms with van der Waals surface area (Å²) in [6, 6.07) is 32.6. The van der Waals surface area contributed by atoms with Gasteiger partial charge in [0.05, 0.1) is 23.0 Å². The van der Waals surface area contributed by atoms with Crippen molar-refractivity contribution in [3.05, 3.63) is 156 Å². The summed E-state index contributed by atoms with van der Waals surface area (Å²) >= 11 is 0. The van der Waals surface area contributed by atoms with Crippen molar-refractivity contribution in [2.24, 2.45) is 0 Å². The number of nitrogens with zero attached hydrogens (tertiary/aromatic N) is 4. The molecule has 52 heavy (non-hydrogen) atoms. The number of hydrogen-bond acceptors (Lipinski definition) is 11. The fraction of sp³-hybridized carbons (Fsp3) is 0.132. The molecule has 1 amide bonds. The van der Waals surface area contributed by atoms with E-state index in [1.807, 2.05) is 0 Å². The maximum absolute atomic E-state index is 15.0. The zero-order valence-corrected chi connectivity index (χ0v) is 27.1. The van der Waals surface area contributed by atoms with Crippen LogP contribution in [0.2, 0.25) is 0 Å². The summed E-state index contributed by atoms with van der Waals surface area (Å²) in [7, 11) is 0. The van der Waals surface area contributed by atoms with Gasteiger partial charge in [-0.1, -0.05) is 72.8 Å². The zero-order valence-electron chi connectivity index (χ0n) is 27.1. The Bertz CT molecular complexity index is 2220. The molecule has 1 aliphatic rings. The largest absolute Gasteiger partial charge is 0.459 e. The van der Waals surface area contributed by atoms with E-state index in [4.69, 9.17) is 18.9 Å². The first kappa shape index (κ1) is 33.7. The average molecular weight is 701 g/mol. The average Bonchev–Trinajstić information content (AvgIpc) is 3.75. The molecule has 1 fully saturated rings. The van der Waals surface area contributed by atoms with Gasteiger partial charge in [-0.15, -0.1) is 0 Å². The summed E-state index contributed by atoms with van der Waals surface area (Å²) in [5.74, 6) is -3.05. The maximum atomic E-state index is 15.0. The monoisotopic (exact) mass is 700 g/mol. The van der Waals surface area contributed by atoms with Crippen molar-refractivity contribution in [1.82, 2.24) is 19.5 Å². The standard InChI is InChI=1S/C38H28FN5O8/c39-38-42-31(41-33(45)23-13-5-1-6-14-23)28-32(43-38)44(22-40-28)34-30(52-37(48)26-19-11-4-12-20-26)29(51-36(47)25-17-9-3-10-18-25)27(50-34)21-49-35(46)24-15-7-2-8-16-24/h1-20,22,27,29-30,34H,21H2,(H,41,42,43,45)/t27-,29-,30-,34-/m1/s1/i39-1. The van der Waals surface area contributed by atoms with Crippen molar-refractivity contribution in [2.75, 3.05) is 11.9 Å². The van der Waals surface area contributed by atoms with Gasteiger partial charge in [0.25, 0.3) is 5.91 Å². The lowest BCUT2D eigenvalue weighted by atomic mass is 10.1. The van der Waals surface area contributed by atoms with Gasteiger partial charge in [0.1, 0.15) is 12.7 Å². The first-order chi connectivity index (χ1) is 25.4. The molecule has 0 radical (unpaired) electrons. The second-order valence-electron chi connectivity index (χ2n) is 11.5. The molecular formula is C38H28FN5O8. The first-order valence-corrected chi connectivity index (χ1v) is 16.0. The van der Waals surface area contributed by atoms with Crippen LogP contribution < -0.4 is 5.32 Å². The molecule has 4 atom stereocenters. The molecule has 14 heteroatoms. The van der Waals surface area contributed by atoms with Crippen LogP contribution in [0.25, 0.3) is 11.2 Å². The number of aromatic nitrogens is 4. The number of carbonyl (C=O) groups excluding carboxylic acids is 4. The minimum Gasteiger partial charge on any atom is -0.459 e. The number of fused-ring (bicyclic) bond motifs is 1. The van der Waals surface area contributed by atoms with E-state index in [1.54, 1.807) is 109 Å². The van der Waals surface area contributed by atoms with E-state index >= 15 is 4.39 Å². The van der Waals surface area contributed by atoms with E-state index in [0.717, 1.165) is 0 Å². The number of amides is 1. The Balaban J connectivity index is 1.27. The van der Waals surface area contributed by atoms with E-state index in [1.165, 1.54) is 23.0 Å². The van der Waals surface area contributed by atoms with Crippen LogP contribution in [0.15, 0.2) is 128 Å². The second-order valence-corrected chi connectivity index (χ2v) is 11.5. The van der Waals surface area contributed by atoms with Crippen molar-refractivity contribution in [3.8, 4) is 0 Å². The summed E-state index contributed by atoms with van der Waals surface area (Å²) in [4.78, 5) is 65.0. The summed E-state index contributed by atoms with van der Waals surface area (Å²) in [6.07, 6.45) is -5.32. The third kappa shape index (κ3) is 7.22. The van der Waals surface area contributed by atoms with Crippen molar-refractivity contribution in [2.45, 2.75) is 24.5 Å². The van der Waals surface area contributed by atoms with Gasteiger partial charge in [-0.2, -0.15) is 14.4 Å². The van der Waals surface area contributed by atoms with Gasteiger partial charge in [-0.05, 0) is 48.5 Å². The number of benzene rings is 4. The molecule has 0 saturated carbocycles. The summed E-state index contributed by atoms with van der Waals surface area (Å²) in [5, 5.41) is 2.56. The third-order valence-electron chi connectivity index (χ3n) is 8.12. The van der Waals surface area contributed by atoms with Gasteiger partial charge in [0, 0.05) is 5.56 Å². The maximum Gasteiger partial charge on any atom is 0.338 e. The van der Waals surface area contributed by atoms with Gasteiger partial charge < -0.3 is 24.3 Å². The Morgan fingerprint density at radius 2 is 1.17 bits per heavy atom. The molecule has 13 nitrogen and oxygen atoms in total. The molecule has 0 bridgehead atoms. The molecular weight excluding hydrogens is 672 g/mol. The molecule has 0 spiro atoms. The number of carbonyl (C=O) groups is 4. The van der Waals surface area contributed by atoms with Gasteiger partial charge >= 0.3 is 24.0 Å². The highest BCUT2D eigenvalue weighted by atomic mass is 18.2. The Kier molecular flexibility index (Phi) is 9.71. The van der Waals surface area contributed by atoms with Crippen LogP contribution >= 0.6 is 0 Å². The molecule has 260 valence electrons. The Morgan fingerprint density at radius 1 is 0.673 bits per heavy atom. The first-order valence-electron chi connectivity index (χ1n) is 16.0. The summed E-state index contributed by atoms with van der Waals surface area (Å²) in [5.41, 5.74) is 0.775. The third-order valence-corrected chi connectivity index (χ3v) is 8.12.